The summed E-state index contributed by atoms with van der Waals surface area (Å²) in [4.78, 5) is 29.3. The van der Waals surface area contributed by atoms with E-state index in [1.54, 1.807) is 23.1 Å². The highest BCUT2D eigenvalue weighted by Gasteiger charge is 2.32. The van der Waals surface area contributed by atoms with Crippen molar-refractivity contribution in [2.24, 2.45) is 0 Å². The Labute approximate surface area is 247 Å². The van der Waals surface area contributed by atoms with E-state index in [9.17, 15) is 9.59 Å². The summed E-state index contributed by atoms with van der Waals surface area (Å²) in [6, 6.07) is 22.1. The second kappa shape index (κ2) is 14.6. The summed E-state index contributed by atoms with van der Waals surface area (Å²) in [6.07, 6.45) is 5.67. The number of hydrogen-bond acceptors (Lipinski definition) is 3. The zero-order valence-electron chi connectivity index (χ0n) is 23.2. The van der Waals surface area contributed by atoms with E-state index in [-0.39, 0.29) is 31.0 Å². The Balaban J connectivity index is 1.61. The van der Waals surface area contributed by atoms with Crippen molar-refractivity contribution in [1.29, 1.82) is 0 Å². The minimum Gasteiger partial charge on any atom is -0.484 e. The summed E-state index contributed by atoms with van der Waals surface area (Å²) in [5.74, 6) is 0.555. The molecule has 3 aromatic rings. The Bertz CT molecular complexity index is 1260. The molecule has 1 saturated carbocycles. The second-order valence-electron chi connectivity index (χ2n) is 10.8. The van der Waals surface area contributed by atoms with Crippen molar-refractivity contribution in [2.75, 3.05) is 6.61 Å². The molecule has 1 aliphatic carbocycles. The van der Waals surface area contributed by atoms with Crippen LogP contribution in [-0.4, -0.2) is 35.4 Å². The molecule has 5 nitrogen and oxygen atoms in total. The first-order valence-electron chi connectivity index (χ1n) is 14.1. The average molecular weight is 582 g/mol. The molecule has 0 aromatic heterocycles. The summed E-state index contributed by atoms with van der Waals surface area (Å²) < 4.78 is 5.92. The van der Waals surface area contributed by atoms with Crippen molar-refractivity contribution in [2.45, 2.75) is 76.9 Å². The summed E-state index contributed by atoms with van der Waals surface area (Å²) in [5.41, 5.74) is 2.88. The number of nitrogens with one attached hydrogen (secondary N) is 1. The molecule has 2 amide bonds. The van der Waals surface area contributed by atoms with Crippen LogP contribution in [0.2, 0.25) is 10.0 Å². The third-order valence-electron chi connectivity index (χ3n) is 7.49. The Morgan fingerprint density at radius 1 is 0.950 bits per heavy atom. The lowest BCUT2D eigenvalue weighted by atomic mass is 9.94. The molecular formula is C33H38Cl2N2O3. The maximum atomic E-state index is 13.9. The lowest BCUT2D eigenvalue weighted by Gasteiger charge is -2.33. The number of hydrogen-bond donors (Lipinski definition) is 1. The fraction of sp³-hybridized carbons (Fsp3) is 0.394. The van der Waals surface area contributed by atoms with Crippen molar-refractivity contribution < 1.29 is 14.3 Å². The maximum absolute atomic E-state index is 13.9. The molecule has 3 aromatic carbocycles. The first-order chi connectivity index (χ1) is 19.3. The Morgan fingerprint density at radius 2 is 1.65 bits per heavy atom. The summed E-state index contributed by atoms with van der Waals surface area (Å²) in [7, 11) is 0. The van der Waals surface area contributed by atoms with Gasteiger partial charge in [0, 0.05) is 29.1 Å². The third kappa shape index (κ3) is 8.49. The molecule has 4 rings (SSSR count). The van der Waals surface area contributed by atoms with Crippen LogP contribution in [0.1, 0.15) is 68.6 Å². The summed E-state index contributed by atoms with van der Waals surface area (Å²) in [6.45, 7) is 4.21. The van der Waals surface area contributed by atoms with E-state index >= 15 is 0 Å². The monoisotopic (exact) mass is 580 g/mol. The maximum Gasteiger partial charge on any atom is 0.261 e. The second-order valence-corrected chi connectivity index (χ2v) is 11.7. The fourth-order valence-corrected chi connectivity index (χ4v) is 5.58. The molecule has 7 heteroatoms. The van der Waals surface area contributed by atoms with E-state index < -0.39 is 6.04 Å². The highest BCUT2D eigenvalue weighted by atomic mass is 35.5. The molecule has 0 aliphatic heterocycles. The molecular weight excluding hydrogens is 543 g/mol. The fourth-order valence-electron chi connectivity index (χ4n) is 5.11. The minimum absolute atomic E-state index is 0.117. The van der Waals surface area contributed by atoms with Gasteiger partial charge in [-0.15, -0.1) is 0 Å². The molecule has 0 saturated heterocycles. The molecule has 1 atom stereocenters. The van der Waals surface area contributed by atoms with Crippen molar-refractivity contribution in [1.82, 2.24) is 10.2 Å². The lowest BCUT2D eigenvalue weighted by molar-refractivity contribution is -0.143. The van der Waals surface area contributed by atoms with Crippen LogP contribution in [0.4, 0.5) is 0 Å². The smallest absolute Gasteiger partial charge is 0.261 e. The largest absolute Gasteiger partial charge is 0.484 e. The van der Waals surface area contributed by atoms with E-state index in [4.69, 9.17) is 27.9 Å². The van der Waals surface area contributed by atoms with E-state index in [2.05, 4.69) is 19.2 Å². The van der Waals surface area contributed by atoms with Gasteiger partial charge in [0.2, 0.25) is 5.91 Å². The first-order valence-corrected chi connectivity index (χ1v) is 14.9. The lowest BCUT2D eigenvalue weighted by Crippen LogP contribution is -2.53. The van der Waals surface area contributed by atoms with Crippen molar-refractivity contribution in [3.63, 3.8) is 0 Å². The van der Waals surface area contributed by atoms with Crippen molar-refractivity contribution in [3.05, 3.63) is 99.5 Å². The van der Waals surface area contributed by atoms with Crippen LogP contribution in [0.3, 0.4) is 0 Å². The van der Waals surface area contributed by atoms with Gasteiger partial charge in [0.1, 0.15) is 11.8 Å². The number of amides is 2. The normalized spacial score (nSPS) is 14.5. The molecule has 40 heavy (non-hydrogen) atoms. The number of halogens is 2. The zero-order valence-corrected chi connectivity index (χ0v) is 24.8. The molecule has 212 valence electrons. The third-order valence-corrected chi connectivity index (χ3v) is 8.07. The molecule has 1 fully saturated rings. The quantitative estimate of drug-likeness (QED) is 0.254. The summed E-state index contributed by atoms with van der Waals surface area (Å²) >= 11 is 12.7. The van der Waals surface area contributed by atoms with Gasteiger partial charge >= 0.3 is 0 Å². The van der Waals surface area contributed by atoms with Gasteiger partial charge in [-0.2, -0.15) is 0 Å². The first kappa shape index (κ1) is 30.0. The van der Waals surface area contributed by atoms with E-state index in [0.29, 0.717) is 33.7 Å². The van der Waals surface area contributed by atoms with E-state index in [0.717, 1.165) is 31.2 Å². The number of rotatable bonds is 11. The van der Waals surface area contributed by atoms with Crippen molar-refractivity contribution >= 4 is 35.0 Å². The van der Waals surface area contributed by atoms with E-state index in [1.165, 1.54) is 12.0 Å². The van der Waals surface area contributed by atoms with Gasteiger partial charge in [-0.25, -0.2) is 0 Å². The standard InChI is InChI=1S/C33H38Cl2N2O3/c1-23(2)25-14-17-29(18-15-25)40-22-32(38)37(21-26-13-16-27(34)20-30(26)35)31(19-24-9-5-3-6-10-24)33(39)36-28-11-7-4-8-12-28/h3,5-6,9-10,13-18,20,23,28,31H,4,7-8,11-12,19,21-22H2,1-2H3,(H,36,39)/t31-/m0/s1. The van der Waals surface area contributed by atoms with Crippen LogP contribution in [0.25, 0.3) is 0 Å². The van der Waals surface area contributed by atoms with E-state index in [1.807, 2.05) is 54.6 Å². The number of nitrogens with zero attached hydrogens (tertiary/aromatic N) is 1. The number of carbonyl (C=O) groups is 2. The Morgan fingerprint density at radius 3 is 2.30 bits per heavy atom. The molecule has 1 N–H and O–H groups in total. The van der Waals surface area contributed by atoms with Crippen LogP contribution in [0, 0.1) is 0 Å². The van der Waals surface area contributed by atoms with Crippen LogP contribution in [0.15, 0.2) is 72.8 Å². The number of benzene rings is 3. The van der Waals surface area contributed by atoms with Gasteiger partial charge in [-0.1, -0.05) is 105 Å². The van der Waals surface area contributed by atoms with Crippen molar-refractivity contribution in [3.8, 4) is 5.75 Å². The van der Waals surface area contributed by atoms with Gasteiger partial charge in [0.05, 0.1) is 0 Å². The highest BCUT2D eigenvalue weighted by Crippen LogP contribution is 2.25. The SMILES string of the molecule is CC(C)c1ccc(OCC(=O)N(Cc2ccc(Cl)cc2Cl)[C@@H](Cc2ccccc2)C(=O)NC2CCCCC2)cc1. The molecule has 0 heterocycles. The highest BCUT2D eigenvalue weighted by molar-refractivity contribution is 6.35. The Kier molecular flexibility index (Phi) is 10.9. The van der Waals surface area contributed by atoms with Gasteiger partial charge in [0.25, 0.3) is 5.91 Å². The van der Waals surface area contributed by atoms with Crippen LogP contribution in [-0.2, 0) is 22.6 Å². The average Bonchev–Trinajstić information content (AvgIpc) is 2.96. The van der Waals surface area contributed by atoms with Crippen LogP contribution in [0.5, 0.6) is 5.75 Å². The van der Waals surface area contributed by atoms with Gasteiger partial charge < -0.3 is 15.0 Å². The van der Waals surface area contributed by atoms with Crippen LogP contribution < -0.4 is 10.1 Å². The molecule has 0 bridgehead atoms. The number of carbonyl (C=O) groups excluding carboxylic acids is 2. The molecule has 0 radical (unpaired) electrons. The van der Waals surface area contributed by atoms with Gasteiger partial charge in [-0.3, -0.25) is 9.59 Å². The molecule has 0 unspecified atom stereocenters. The minimum atomic E-state index is -0.740. The Hall–Kier alpha value is -3.02. The number of ether oxygens (including phenoxy) is 1. The summed E-state index contributed by atoms with van der Waals surface area (Å²) in [5, 5.41) is 4.20. The predicted molar refractivity (Wildman–Crippen MR) is 162 cm³/mol. The van der Waals surface area contributed by atoms with Gasteiger partial charge in [0.15, 0.2) is 6.61 Å². The molecule has 1 aliphatic rings. The van der Waals surface area contributed by atoms with Gasteiger partial charge in [-0.05, 0) is 59.7 Å². The topological polar surface area (TPSA) is 58.6 Å². The van der Waals surface area contributed by atoms with Crippen LogP contribution >= 0.6 is 23.2 Å². The molecule has 0 spiro atoms. The zero-order chi connectivity index (χ0) is 28.5. The predicted octanol–water partition coefficient (Wildman–Crippen LogP) is 7.58.